The van der Waals surface area contributed by atoms with Crippen molar-refractivity contribution in [2.24, 2.45) is 0 Å². The molecular weight excluding hydrogens is 318 g/mol. The van der Waals surface area contributed by atoms with Crippen molar-refractivity contribution in [3.8, 4) is 0 Å². The molecule has 4 nitrogen and oxygen atoms in total. The number of thiazole rings is 1. The van der Waals surface area contributed by atoms with Crippen LogP contribution in [-0.2, 0) is 17.6 Å². The molecule has 0 aliphatic heterocycles. The summed E-state index contributed by atoms with van der Waals surface area (Å²) in [5.41, 5.74) is 4.91. The lowest BCUT2D eigenvalue weighted by atomic mass is 9.91. The van der Waals surface area contributed by atoms with Gasteiger partial charge in [-0.05, 0) is 23.6 Å². The van der Waals surface area contributed by atoms with Gasteiger partial charge in [0.15, 0.2) is 0 Å². The topological polar surface area (TPSA) is 54.9 Å². The van der Waals surface area contributed by atoms with Gasteiger partial charge in [-0.1, -0.05) is 36.4 Å². The highest BCUT2D eigenvalue weighted by Crippen LogP contribution is 2.21. The molecule has 0 bridgehead atoms. The zero-order chi connectivity index (χ0) is 16.6. The number of pyridine rings is 1. The van der Waals surface area contributed by atoms with Gasteiger partial charge in [0.05, 0.1) is 17.1 Å². The summed E-state index contributed by atoms with van der Waals surface area (Å²) in [6, 6.07) is 13.8. The van der Waals surface area contributed by atoms with Crippen molar-refractivity contribution < 1.29 is 4.79 Å². The Morgan fingerprint density at radius 3 is 2.75 bits per heavy atom. The Labute approximate surface area is 145 Å². The Morgan fingerprint density at radius 2 is 2.04 bits per heavy atom. The van der Waals surface area contributed by atoms with E-state index in [1.165, 1.54) is 0 Å². The molecule has 1 aromatic carbocycles. The van der Waals surface area contributed by atoms with Crippen molar-refractivity contribution in [3.63, 3.8) is 0 Å². The summed E-state index contributed by atoms with van der Waals surface area (Å²) in [6.45, 7) is 0.596. The van der Waals surface area contributed by atoms with Crippen LogP contribution in [-0.4, -0.2) is 22.4 Å². The van der Waals surface area contributed by atoms with Crippen LogP contribution in [0.15, 0.2) is 65.7 Å². The maximum atomic E-state index is 12.7. The van der Waals surface area contributed by atoms with E-state index in [1.807, 2.05) is 59.6 Å². The fourth-order valence-corrected chi connectivity index (χ4v) is 3.19. The second kappa shape index (κ2) is 8.36. The molecule has 0 aliphatic rings. The van der Waals surface area contributed by atoms with E-state index < -0.39 is 0 Å². The lowest BCUT2D eigenvalue weighted by Gasteiger charge is -2.17. The Morgan fingerprint density at radius 1 is 1.17 bits per heavy atom. The van der Waals surface area contributed by atoms with Crippen LogP contribution < -0.4 is 5.32 Å². The smallest absolute Gasteiger partial charge is 0.227 e. The zero-order valence-electron chi connectivity index (χ0n) is 13.3. The molecule has 2 heterocycles. The standard InChI is InChI=1S/C19H19N3OS/c23-19(21-10-8-17-13-24-14-22-17)18(16-6-2-1-3-7-16)11-15-5-4-9-20-12-15/h1-7,9,12-14,18H,8,10-11H2,(H,21,23). The zero-order valence-corrected chi connectivity index (χ0v) is 14.1. The van der Waals surface area contributed by atoms with Crippen LogP contribution in [0.25, 0.3) is 0 Å². The second-order valence-corrected chi connectivity index (χ2v) is 6.27. The number of rotatable bonds is 7. The van der Waals surface area contributed by atoms with Crippen molar-refractivity contribution in [1.29, 1.82) is 0 Å². The van der Waals surface area contributed by atoms with Crippen molar-refractivity contribution >= 4 is 17.2 Å². The van der Waals surface area contributed by atoms with Crippen LogP contribution in [0.5, 0.6) is 0 Å². The predicted octanol–water partition coefficient (Wildman–Crippen LogP) is 3.22. The molecule has 1 atom stereocenters. The molecule has 0 aliphatic carbocycles. The first-order valence-electron chi connectivity index (χ1n) is 7.91. The predicted molar refractivity (Wildman–Crippen MR) is 96.0 cm³/mol. The first-order chi connectivity index (χ1) is 11.8. The molecule has 0 saturated carbocycles. The normalized spacial score (nSPS) is 11.8. The maximum absolute atomic E-state index is 12.7. The van der Waals surface area contributed by atoms with E-state index in [-0.39, 0.29) is 11.8 Å². The number of amides is 1. The monoisotopic (exact) mass is 337 g/mol. The molecule has 2 aromatic heterocycles. The van der Waals surface area contributed by atoms with E-state index in [1.54, 1.807) is 17.5 Å². The minimum Gasteiger partial charge on any atom is -0.355 e. The number of carbonyl (C=O) groups excluding carboxylic acids is 1. The highest BCUT2D eigenvalue weighted by atomic mass is 32.1. The third-order valence-corrected chi connectivity index (χ3v) is 4.48. The Hall–Kier alpha value is -2.53. The second-order valence-electron chi connectivity index (χ2n) is 5.55. The fraction of sp³-hybridized carbons (Fsp3) is 0.211. The van der Waals surface area contributed by atoms with E-state index in [0.29, 0.717) is 13.0 Å². The molecule has 1 unspecified atom stereocenters. The Kier molecular flexibility index (Phi) is 5.69. The summed E-state index contributed by atoms with van der Waals surface area (Å²) in [7, 11) is 0. The first kappa shape index (κ1) is 16.3. The van der Waals surface area contributed by atoms with E-state index >= 15 is 0 Å². The molecule has 3 rings (SSSR count). The summed E-state index contributed by atoms with van der Waals surface area (Å²) in [5, 5.41) is 5.06. The minimum absolute atomic E-state index is 0.0419. The number of aromatic nitrogens is 2. The lowest BCUT2D eigenvalue weighted by molar-refractivity contribution is -0.122. The average molecular weight is 337 g/mol. The van der Waals surface area contributed by atoms with Crippen molar-refractivity contribution in [2.75, 3.05) is 6.54 Å². The third-order valence-electron chi connectivity index (χ3n) is 3.84. The number of benzene rings is 1. The lowest BCUT2D eigenvalue weighted by Crippen LogP contribution is -2.32. The molecule has 24 heavy (non-hydrogen) atoms. The molecule has 1 N–H and O–H groups in total. The van der Waals surface area contributed by atoms with Crippen LogP contribution >= 0.6 is 11.3 Å². The number of hydrogen-bond acceptors (Lipinski definition) is 4. The summed E-state index contributed by atoms with van der Waals surface area (Å²) >= 11 is 1.57. The van der Waals surface area contributed by atoms with E-state index in [2.05, 4.69) is 15.3 Å². The largest absolute Gasteiger partial charge is 0.355 e. The Bertz CT molecular complexity index is 745. The highest BCUT2D eigenvalue weighted by molar-refractivity contribution is 7.07. The van der Waals surface area contributed by atoms with Gasteiger partial charge in [-0.3, -0.25) is 9.78 Å². The Balaban J connectivity index is 1.68. The van der Waals surface area contributed by atoms with Gasteiger partial charge < -0.3 is 5.32 Å². The van der Waals surface area contributed by atoms with Gasteiger partial charge in [-0.25, -0.2) is 4.98 Å². The molecule has 3 aromatic rings. The van der Waals surface area contributed by atoms with E-state index in [9.17, 15) is 4.79 Å². The highest BCUT2D eigenvalue weighted by Gasteiger charge is 2.20. The molecule has 0 saturated heterocycles. The number of nitrogens with zero attached hydrogens (tertiary/aromatic N) is 2. The van der Waals surface area contributed by atoms with Gasteiger partial charge in [0.25, 0.3) is 0 Å². The van der Waals surface area contributed by atoms with Gasteiger partial charge in [0, 0.05) is 30.7 Å². The van der Waals surface area contributed by atoms with Gasteiger partial charge in [-0.15, -0.1) is 11.3 Å². The van der Waals surface area contributed by atoms with Gasteiger partial charge in [0.1, 0.15) is 0 Å². The molecule has 0 fully saturated rings. The first-order valence-corrected chi connectivity index (χ1v) is 8.86. The molecule has 0 spiro atoms. The molecule has 5 heteroatoms. The van der Waals surface area contributed by atoms with Crippen LogP contribution in [0.4, 0.5) is 0 Å². The summed E-state index contributed by atoms with van der Waals surface area (Å²) < 4.78 is 0. The van der Waals surface area contributed by atoms with Crippen molar-refractivity contribution in [1.82, 2.24) is 15.3 Å². The third kappa shape index (κ3) is 4.49. The summed E-state index contributed by atoms with van der Waals surface area (Å²) in [5.74, 6) is -0.175. The SMILES string of the molecule is O=C(NCCc1cscn1)C(Cc1cccnc1)c1ccccc1. The van der Waals surface area contributed by atoms with Gasteiger partial charge in [-0.2, -0.15) is 0 Å². The molecule has 1 amide bonds. The quantitative estimate of drug-likeness (QED) is 0.720. The molecule has 0 radical (unpaired) electrons. The maximum Gasteiger partial charge on any atom is 0.227 e. The van der Waals surface area contributed by atoms with Crippen LogP contribution in [0.1, 0.15) is 22.7 Å². The number of nitrogens with one attached hydrogen (secondary N) is 1. The number of hydrogen-bond donors (Lipinski definition) is 1. The van der Waals surface area contributed by atoms with Gasteiger partial charge in [0.2, 0.25) is 5.91 Å². The van der Waals surface area contributed by atoms with E-state index in [4.69, 9.17) is 0 Å². The summed E-state index contributed by atoms with van der Waals surface area (Å²) in [4.78, 5) is 21.1. The van der Waals surface area contributed by atoms with Crippen molar-refractivity contribution in [2.45, 2.75) is 18.8 Å². The number of carbonyl (C=O) groups is 1. The van der Waals surface area contributed by atoms with Crippen LogP contribution in [0.3, 0.4) is 0 Å². The minimum atomic E-state index is -0.217. The van der Waals surface area contributed by atoms with Crippen LogP contribution in [0, 0.1) is 0 Å². The van der Waals surface area contributed by atoms with Gasteiger partial charge >= 0.3 is 0 Å². The van der Waals surface area contributed by atoms with E-state index in [0.717, 1.165) is 23.2 Å². The summed E-state index contributed by atoms with van der Waals surface area (Å²) in [6.07, 6.45) is 4.96. The fourth-order valence-electron chi connectivity index (χ4n) is 2.60. The van der Waals surface area contributed by atoms with Crippen molar-refractivity contribution in [3.05, 3.63) is 82.6 Å². The average Bonchev–Trinajstić information content (AvgIpc) is 3.15. The molecule has 122 valence electrons. The molecular formula is C19H19N3OS. The van der Waals surface area contributed by atoms with Crippen LogP contribution in [0.2, 0.25) is 0 Å².